The van der Waals surface area contributed by atoms with Gasteiger partial charge in [-0.2, -0.15) is 0 Å². The van der Waals surface area contributed by atoms with E-state index in [4.69, 9.17) is 0 Å². The SMILES string of the molecule is C.Cc1c(F)cncc1F.Cc1ncccc1F. The molecule has 0 saturated carbocycles. The molecule has 0 aliphatic heterocycles. The van der Waals surface area contributed by atoms with Gasteiger partial charge in [0.1, 0.15) is 17.5 Å². The fourth-order valence-corrected chi connectivity index (χ4v) is 0.940. The number of aryl methyl sites for hydroxylation is 1. The van der Waals surface area contributed by atoms with Crippen LogP contribution in [0.5, 0.6) is 0 Å². The second-order valence-electron chi connectivity index (χ2n) is 3.30. The summed E-state index contributed by atoms with van der Waals surface area (Å²) in [5.41, 5.74) is 0.470. The van der Waals surface area contributed by atoms with Crippen molar-refractivity contribution >= 4 is 0 Å². The first-order chi connectivity index (χ1) is 8.02. The highest BCUT2D eigenvalue weighted by Crippen LogP contribution is 2.06. The molecular weight excluding hydrogens is 241 g/mol. The summed E-state index contributed by atoms with van der Waals surface area (Å²) in [6.45, 7) is 3.00. The van der Waals surface area contributed by atoms with Gasteiger partial charge in [-0.15, -0.1) is 0 Å². The smallest absolute Gasteiger partial charge is 0.147 e. The van der Waals surface area contributed by atoms with E-state index in [9.17, 15) is 13.2 Å². The number of aromatic nitrogens is 2. The van der Waals surface area contributed by atoms with Crippen LogP contribution in [0.25, 0.3) is 0 Å². The van der Waals surface area contributed by atoms with Crippen molar-refractivity contribution < 1.29 is 13.2 Å². The van der Waals surface area contributed by atoms with Crippen molar-refractivity contribution in [2.75, 3.05) is 0 Å². The van der Waals surface area contributed by atoms with Gasteiger partial charge in [0, 0.05) is 11.8 Å². The Kier molecular flexibility index (Phi) is 6.63. The number of hydrogen-bond acceptors (Lipinski definition) is 2. The second-order valence-corrected chi connectivity index (χ2v) is 3.30. The third-order valence-electron chi connectivity index (χ3n) is 2.03. The maximum atomic E-state index is 12.3. The molecule has 0 amide bonds. The lowest BCUT2D eigenvalue weighted by molar-refractivity contribution is 0.558. The van der Waals surface area contributed by atoms with Crippen molar-refractivity contribution in [3.63, 3.8) is 0 Å². The Labute approximate surface area is 105 Å². The Morgan fingerprint density at radius 2 is 1.50 bits per heavy atom. The topological polar surface area (TPSA) is 25.8 Å². The number of nitrogens with zero attached hydrogens (tertiary/aromatic N) is 2. The van der Waals surface area contributed by atoms with Crippen LogP contribution < -0.4 is 0 Å². The molecule has 18 heavy (non-hydrogen) atoms. The van der Waals surface area contributed by atoms with Crippen LogP contribution in [0.3, 0.4) is 0 Å². The zero-order chi connectivity index (χ0) is 12.8. The third-order valence-corrected chi connectivity index (χ3v) is 2.03. The minimum atomic E-state index is -0.602. The zero-order valence-corrected chi connectivity index (χ0v) is 9.42. The van der Waals surface area contributed by atoms with E-state index in [0.29, 0.717) is 5.69 Å². The molecule has 0 unspecified atom stereocenters. The standard InChI is InChI=1S/C6H5F2N.C6H6FN.CH4/c1-4-5(7)2-9-3-6(4)8;1-5-6(7)3-2-4-8-5;/h2-3H,1H3;2-4H,1H3;1H4. The molecule has 0 fully saturated rings. The second kappa shape index (κ2) is 7.42. The molecule has 2 rings (SSSR count). The van der Waals surface area contributed by atoms with E-state index in [-0.39, 0.29) is 18.8 Å². The van der Waals surface area contributed by atoms with Gasteiger partial charge in [-0.05, 0) is 26.0 Å². The van der Waals surface area contributed by atoms with Crippen LogP contribution in [-0.2, 0) is 0 Å². The maximum absolute atomic E-state index is 12.3. The molecule has 0 saturated heterocycles. The molecule has 0 aliphatic carbocycles. The Bertz CT molecular complexity index is 460. The summed E-state index contributed by atoms with van der Waals surface area (Å²) in [5, 5.41) is 0. The van der Waals surface area contributed by atoms with E-state index >= 15 is 0 Å². The molecule has 0 N–H and O–H groups in total. The fraction of sp³-hybridized carbons (Fsp3) is 0.231. The predicted molar refractivity (Wildman–Crippen MR) is 64.6 cm³/mol. The molecule has 0 aliphatic rings. The van der Waals surface area contributed by atoms with Gasteiger partial charge in [0.05, 0.1) is 18.1 Å². The lowest BCUT2D eigenvalue weighted by atomic mass is 10.3. The lowest BCUT2D eigenvalue weighted by Crippen LogP contribution is -1.88. The van der Waals surface area contributed by atoms with Crippen molar-refractivity contribution in [1.82, 2.24) is 9.97 Å². The lowest BCUT2D eigenvalue weighted by Gasteiger charge is -1.93. The van der Waals surface area contributed by atoms with Gasteiger partial charge >= 0.3 is 0 Å². The van der Waals surface area contributed by atoms with E-state index in [1.165, 1.54) is 13.0 Å². The summed E-state index contributed by atoms with van der Waals surface area (Å²) in [6.07, 6.45) is 3.54. The van der Waals surface area contributed by atoms with E-state index in [0.717, 1.165) is 12.4 Å². The molecule has 0 spiro atoms. The quantitative estimate of drug-likeness (QED) is 0.715. The van der Waals surface area contributed by atoms with Gasteiger partial charge in [-0.25, -0.2) is 13.2 Å². The fourth-order valence-electron chi connectivity index (χ4n) is 0.940. The summed E-state index contributed by atoms with van der Waals surface area (Å²) >= 11 is 0. The highest BCUT2D eigenvalue weighted by molar-refractivity contribution is 5.11. The Morgan fingerprint density at radius 3 is 1.83 bits per heavy atom. The minimum absolute atomic E-state index is 0. The summed E-state index contributed by atoms with van der Waals surface area (Å²) in [7, 11) is 0. The summed E-state index contributed by atoms with van der Waals surface area (Å²) in [5.74, 6) is -1.45. The van der Waals surface area contributed by atoms with Gasteiger partial charge in [0.15, 0.2) is 0 Å². The molecule has 2 nitrogen and oxygen atoms in total. The molecule has 5 heteroatoms. The van der Waals surface area contributed by atoms with Crippen molar-refractivity contribution in [3.8, 4) is 0 Å². The minimum Gasteiger partial charge on any atom is -0.259 e. The number of hydrogen-bond donors (Lipinski definition) is 0. The van der Waals surface area contributed by atoms with Gasteiger partial charge in [-0.3, -0.25) is 9.97 Å². The molecular formula is C13H15F3N2. The highest BCUT2D eigenvalue weighted by atomic mass is 19.1. The molecule has 0 atom stereocenters. The normalized spacial score (nSPS) is 8.94. The summed E-state index contributed by atoms with van der Waals surface area (Å²) in [6, 6.07) is 2.96. The molecule has 0 aromatic carbocycles. The molecule has 2 heterocycles. The largest absolute Gasteiger partial charge is 0.259 e. The van der Waals surface area contributed by atoms with Gasteiger partial charge in [-0.1, -0.05) is 7.43 Å². The first kappa shape index (κ1) is 16.1. The van der Waals surface area contributed by atoms with Gasteiger partial charge < -0.3 is 0 Å². The average Bonchev–Trinajstić information content (AvgIpc) is 2.31. The predicted octanol–water partition coefficient (Wildman–Crippen LogP) is 3.83. The van der Waals surface area contributed by atoms with Crippen molar-refractivity contribution in [1.29, 1.82) is 0 Å². The van der Waals surface area contributed by atoms with Crippen molar-refractivity contribution in [2.45, 2.75) is 21.3 Å². The van der Waals surface area contributed by atoms with Crippen LogP contribution in [0.4, 0.5) is 13.2 Å². The molecule has 0 bridgehead atoms. The van der Waals surface area contributed by atoms with E-state index in [1.807, 2.05) is 0 Å². The van der Waals surface area contributed by atoms with Crippen LogP contribution in [0, 0.1) is 31.3 Å². The highest BCUT2D eigenvalue weighted by Gasteiger charge is 2.00. The Hall–Kier alpha value is -1.91. The molecule has 0 radical (unpaired) electrons. The molecule has 98 valence electrons. The van der Waals surface area contributed by atoms with E-state index in [2.05, 4.69) is 9.97 Å². The molecule has 2 aromatic heterocycles. The Morgan fingerprint density at radius 1 is 0.944 bits per heavy atom. The monoisotopic (exact) mass is 256 g/mol. The van der Waals surface area contributed by atoms with E-state index in [1.54, 1.807) is 19.2 Å². The summed E-state index contributed by atoms with van der Waals surface area (Å²) < 4.78 is 36.8. The van der Waals surface area contributed by atoms with Crippen molar-refractivity contribution in [3.05, 3.63) is 59.4 Å². The van der Waals surface area contributed by atoms with E-state index < -0.39 is 11.6 Å². The van der Waals surface area contributed by atoms with Crippen LogP contribution in [-0.4, -0.2) is 9.97 Å². The Balaban J connectivity index is 0.000000306. The number of pyridine rings is 2. The first-order valence-electron chi connectivity index (χ1n) is 4.85. The summed E-state index contributed by atoms with van der Waals surface area (Å²) in [4.78, 5) is 7.00. The van der Waals surface area contributed by atoms with Crippen LogP contribution >= 0.6 is 0 Å². The first-order valence-corrected chi connectivity index (χ1v) is 4.85. The van der Waals surface area contributed by atoms with Crippen LogP contribution in [0.15, 0.2) is 30.7 Å². The van der Waals surface area contributed by atoms with Gasteiger partial charge in [0.25, 0.3) is 0 Å². The van der Waals surface area contributed by atoms with Gasteiger partial charge in [0.2, 0.25) is 0 Å². The number of rotatable bonds is 0. The third kappa shape index (κ3) is 4.53. The van der Waals surface area contributed by atoms with Crippen LogP contribution in [0.1, 0.15) is 18.7 Å². The number of halogens is 3. The molecule has 2 aromatic rings. The average molecular weight is 256 g/mol. The zero-order valence-electron chi connectivity index (χ0n) is 9.42. The van der Waals surface area contributed by atoms with Crippen molar-refractivity contribution in [2.24, 2.45) is 0 Å². The maximum Gasteiger partial charge on any atom is 0.147 e. The van der Waals surface area contributed by atoms with Crippen LogP contribution in [0.2, 0.25) is 0 Å².